The van der Waals surface area contributed by atoms with E-state index in [-0.39, 0.29) is 5.75 Å². The van der Waals surface area contributed by atoms with E-state index >= 15 is 0 Å². The molecule has 0 aliphatic rings. The van der Waals surface area contributed by atoms with E-state index in [0.29, 0.717) is 17.1 Å². The van der Waals surface area contributed by atoms with Gasteiger partial charge in [0.2, 0.25) is 0 Å². The van der Waals surface area contributed by atoms with Crippen LogP contribution in [-0.2, 0) is 9.84 Å². The Kier molecular flexibility index (Phi) is 4.38. The summed E-state index contributed by atoms with van der Waals surface area (Å²) in [6.45, 7) is 0.390. The lowest BCUT2D eigenvalue weighted by Gasteiger charge is -2.19. The van der Waals surface area contributed by atoms with Crippen molar-refractivity contribution in [3.63, 3.8) is 0 Å². The van der Waals surface area contributed by atoms with Crippen molar-refractivity contribution in [2.45, 2.75) is 0 Å². The van der Waals surface area contributed by atoms with Crippen LogP contribution in [0.15, 0.2) is 18.2 Å². The average molecular weight is 273 g/mol. The van der Waals surface area contributed by atoms with Gasteiger partial charge in [0, 0.05) is 25.5 Å². The summed E-state index contributed by atoms with van der Waals surface area (Å²) in [6, 6.07) is 6.99. The summed E-state index contributed by atoms with van der Waals surface area (Å²) in [5.41, 5.74) is 1.20. The lowest BCUT2D eigenvalue weighted by molar-refractivity contribution is 0.601. The fourth-order valence-electron chi connectivity index (χ4n) is 1.26. The molecule has 6 heteroatoms. The van der Waals surface area contributed by atoms with E-state index in [1.165, 1.54) is 6.26 Å². The predicted molar refractivity (Wildman–Crippen MR) is 69.1 cm³/mol. The van der Waals surface area contributed by atoms with Gasteiger partial charge < -0.3 is 4.90 Å². The SMILES string of the molecule is CN(CCS(C)(=O)=O)c1ccc(C#N)c(Cl)c1. The third kappa shape index (κ3) is 4.25. The number of halogens is 1. The maximum Gasteiger partial charge on any atom is 0.149 e. The lowest BCUT2D eigenvalue weighted by atomic mass is 10.2. The molecule has 1 aromatic carbocycles. The molecule has 0 aromatic heterocycles. The molecule has 0 unspecified atom stereocenters. The number of nitrogens with zero attached hydrogens (tertiary/aromatic N) is 2. The number of nitriles is 1. The van der Waals surface area contributed by atoms with E-state index < -0.39 is 9.84 Å². The van der Waals surface area contributed by atoms with Gasteiger partial charge in [0.25, 0.3) is 0 Å². The van der Waals surface area contributed by atoms with Gasteiger partial charge in [-0.1, -0.05) is 11.6 Å². The van der Waals surface area contributed by atoms with Crippen LogP contribution in [0.4, 0.5) is 5.69 Å². The van der Waals surface area contributed by atoms with E-state index in [4.69, 9.17) is 16.9 Å². The molecule has 0 bridgehead atoms. The molecule has 0 aliphatic heterocycles. The van der Waals surface area contributed by atoms with Crippen LogP contribution in [0.3, 0.4) is 0 Å². The van der Waals surface area contributed by atoms with Gasteiger partial charge in [0.1, 0.15) is 15.9 Å². The summed E-state index contributed by atoms with van der Waals surface area (Å²) in [5.74, 6) is 0.0844. The van der Waals surface area contributed by atoms with Crippen molar-refractivity contribution in [3.05, 3.63) is 28.8 Å². The van der Waals surface area contributed by atoms with Crippen molar-refractivity contribution in [1.29, 1.82) is 5.26 Å². The summed E-state index contributed by atoms with van der Waals surface area (Å²) in [5, 5.41) is 9.10. The van der Waals surface area contributed by atoms with Gasteiger partial charge in [0.15, 0.2) is 0 Å². The average Bonchev–Trinajstić information content (AvgIpc) is 2.24. The third-order valence-electron chi connectivity index (χ3n) is 2.31. The summed E-state index contributed by atoms with van der Waals surface area (Å²) < 4.78 is 22.1. The molecule has 17 heavy (non-hydrogen) atoms. The Balaban J connectivity index is 2.80. The molecule has 1 rings (SSSR count). The Bertz CT molecular complexity index is 549. The van der Waals surface area contributed by atoms with E-state index in [9.17, 15) is 8.42 Å². The summed E-state index contributed by atoms with van der Waals surface area (Å²) in [4.78, 5) is 1.79. The Morgan fingerprint density at radius 1 is 1.47 bits per heavy atom. The second kappa shape index (κ2) is 5.39. The normalized spacial score (nSPS) is 10.9. The first kappa shape index (κ1) is 13.8. The summed E-state index contributed by atoms with van der Waals surface area (Å²) in [6.07, 6.45) is 1.20. The van der Waals surface area contributed by atoms with Crippen molar-refractivity contribution in [2.75, 3.05) is 30.5 Å². The number of benzene rings is 1. The number of anilines is 1. The molecule has 0 heterocycles. The van der Waals surface area contributed by atoms with Crippen molar-refractivity contribution < 1.29 is 8.42 Å². The first-order valence-electron chi connectivity index (χ1n) is 4.92. The quantitative estimate of drug-likeness (QED) is 0.837. The number of hydrogen-bond donors (Lipinski definition) is 0. The Hall–Kier alpha value is -1.25. The zero-order valence-corrected chi connectivity index (χ0v) is 11.2. The van der Waals surface area contributed by atoms with Gasteiger partial charge in [-0.25, -0.2) is 8.42 Å². The van der Waals surface area contributed by atoms with E-state index in [1.54, 1.807) is 30.1 Å². The molecule has 0 N–H and O–H groups in total. The summed E-state index contributed by atoms with van der Waals surface area (Å²) in [7, 11) is -1.20. The van der Waals surface area contributed by atoms with Gasteiger partial charge >= 0.3 is 0 Å². The molecule has 0 saturated heterocycles. The largest absolute Gasteiger partial charge is 0.374 e. The van der Waals surface area contributed by atoms with Crippen LogP contribution in [-0.4, -0.2) is 34.0 Å². The van der Waals surface area contributed by atoms with Gasteiger partial charge in [-0.15, -0.1) is 0 Å². The molecular formula is C11H13ClN2O2S. The second-order valence-electron chi connectivity index (χ2n) is 3.83. The first-order chi connectivity index (χ1) is 7.83. The maximum atomic E-state index is 11.0. The lowest BCUT2D eigenvalue weighted by Crippen LogP contribution is -2.24. The van der Waals surface area contributed by atoms with Crippen LogP contribution >= 0.6 is 11.6 Å². The Labute approximate surface area is 106 Å². The Morgan fingerprint density at radius 2 is 2.12 bits per heavy atom. The molecule has 0 fully saturated rings. The minimum absolute atomic E-state index is 0.0844. The van der Waals surface area contributed by atoms with Crippen LogP contribution in [0, 0.1) is 11.3 Å². The molecule has 0 amide bonds. The van der Waals surface area contributed by atoms with Crippen LogP contribution < -0.4 is 4.90 Å². The predicted octanol–water partition coefficient (Wildman–Crippen LogP) is 1.69. The van der Waals surface area contributed by atoms with Crippen LogP contribution in [0.25, 0.3) is 0 Å². The van der Waals surface area contributed by atoms with Crippen molar-refractivity contribution >= 4 is 27.1 Å². The molecular weight excluding hydrogens is 260 g/mol. The van der Waals surface area contributed by atoms with E-state index in [1.807, 2.05) is 6.07 Å². The molecule has 4 nitrogen and oxygen atoms in total. The topological polar surface area (TPSA) is 61.2 Å². The van der Waals surface area contributed by atoms with Crippen LogP contribution in [0.2, 0.25) is 5.02 Å². The van der Waals surface area contributed by atoms with Crippen LogP contribution in [0.1, 0.15) is 5.56 Å². The highest BCUT2D eigenvalue weighted by atomic mass is 35.5. The van der Waals surface area contributed by atoms with Gasteiger partial charge in [-0.3, -0.25) is 0 Å². The standard InChI is InChI=1S/C11H13ClN2O2S/c1-14(5-6-17(2,15)16)10-4-3-9(8-13)11(12)7-10/h3-4,7H,5-6H2,1-2H3. The molecule has 0 aliphatic carbocycles. The van der Waals surface area contributed by atoms with Gasteiger partial charge in [-0.05, 0) is 18.2 Å². The second-order valence-corrected chi connectivity index (χ2v) is 6.49. The highest BCUT2D eigenvalue weighted by molar-refractivity contribution is 7.90. The fourth-order valence-corrected chi connectivity index (χ4v) is 2.09. The smallest absolute Gasteiger partial charge is 0.149 e. The van der Waals surface area contributed by atoms with Crippen molar-refractivity contribution in [1.82, 2.24) is 0 Å². The molecule has 92 valence electrons. The minimum Gasteiger partial charge on any atom is -0.374 e. The van der Waals surface area contributed by atoms with E-state index in [2.05, 4.69) is 0 Å². The zero-order chi connectivity index (χ0) is 13.1. The van der Waals surface area contributed by atoms with E-state index in [0.717, 1.165) is 5.69 Å². The van der Waals surface area contributed by atoms with Crippen molar-refractivity contribution in [3.8, 4) is 6.07 Å². The molecule has 0 saturated carbocycles. The Morgan fingerprint density at radius 3 is 2.59 bits per heavy atom. The van der Waals surface area contributed by atoms with Crippen LogP contribution in [0.5, 0.6) is 0 Å². The fraction of sp³-hybridized carbons (Fsp3) is 0.364. The number of hydrogen-bond acceptors (Lipinski definition) is 4. The summed E-state index contributed by atoms with van der Waals surface area (Å²) >= 11 is 5.90. The monoisotopic (exact) mass is 272 g/mol. The molecule has 0 radical (unpaired) electrons. The highest BCUT2D eigenvalue weighted by Crippen LogP contribution is 2.22. The number of rotatable bonds is 4. The number of sulfone groups is 1. The maximum absolute atomic E-state index is 11.0. The first-order valence-corrected chi connectivity index (χ1v) is 7.36. The molecule has 0 atom stereocenters. The van der Waals surface area contributed by atoms with Gasteiger partial charge in [0.05, 0.1) is 16.3 Å². The molecule has 1 aromatic rings. The molecule has 0 spiro atoms. The minimum atomic E-state index is -2.98. The third-order valence-corrected chi connectivity index (χ3v) is 3.55. The van der Waals surface area contributed by atoms with Gasteiger partial charge in [-0.2, -0.15) is 5.26 Å². The zero-order valence-electron chi connectivity index (χ0n) is 9.64. The van der Waals surface area contributed by atoms with Crippen molar-refractivity contribution in [2.24, 2.45) is 0 Å². The highest BCUT2D eigenvalue weighted by Gasteiger charge is 2.08.